The van der Waals surface area contributed by atoms with E-state index in [0.717, 1.165) is 0 Å². The summed E-state index contributed by atoms with van der Waals surface area (Å²) in [4.78, 5) is 28.3. The fraction of sp³-hybridized carbons (Fsp3) is 0.600. The quantitative estimate of drug-likeness (QED) is 0.758. The van der Waals surface area contributed by atoms with Gasteiger partial charge >= 0.3 is 5.97 Å². The Balaban J connectivity index is 2.07. The summed E-state index contributed by atoms with van der Waals surface area (Å²) in [6, 6.07) is 0. The van der Waals surface area contributed by atoms with Gasteiger partial charge in [0.15, 0.2) is 0 Å². The zero-order chi connectivity index (χ0) is 12.4. The summed E-state index contributed by atoms with van der Waals surface area (Å²) >= 11 is 0. The van der Waals surface area contributed by atoms with Crippen molar-refractivity contribution in [1.29, 1.82) is 0 Å². The highest BCUT2D eigenvalue weighted by Crippen LogP contribution is 2.17. The zero-order valence-corrected chi connectivity index (χ0v) is 9.51. The summed E-state index contributed by atoms with van der Waals surface area (Å²) in [5.41, 5.74) is 0. The third kappa shape index (κ3) is 2.43. The van der Waals surface area contributed by atoms with E-state index < -0.39 is 11.9 Å². The molecule has 0 bridgehead atoms. The predicted octanol–water partition coefficient (Wildman–Crippen LogP) is 0.0499. The van der Waals surface area contributed by atoms with Crippen molar-refractivity contribution in [3.63, 3.8) is 0 Å². The highest BCUT2D eigenvalue weighted by atomic mass is 16.4. The van der Waals surface area contributed by atoms with Crippen LogP contribution in [0.25, 0.3) is 0 Å². The summed E-state index contributed by atoms with van der Waals surface area (Å²) in [5.74, 6) is -0.963. The third-order valence-electron chi connectivity index (χ3n) is 2.85. The van der Waals surface area contributed by atoms with Crippen LogP contribution in [0.5, 0.6) is 0 Å². The fourth-order valence-electron chi connectivity index (χ4n) is 1.94. The second-order valence-corrected chi connectivity index (χ2v) is 4.17. The van der Waals surface area contributed by atoms with Crippen LogP contribution in [-0.4, -0.2) is 50.2 Å². The van der Waals surface area contributed by atoms with E-state index in [1.54, 1.807) is 6.92 Å². The van der Waals surface area contributed by atoms with Crippen LogP contribution in [0, 0.1) is 12.8 Å². The summed E-state index contributed by atoms with van der Waals surface area (Å²) in [5, 5.41) is 15.3. The van der Waals surface area contributed by atoms with Gasteiger partial charge in [0, 0.05) is 13.1 Å². The number of aryl methyl sites for hydroxylation is 1. The molecule has 0 aromatic carbocycles. The topological polar surface area (TPSA) is 99.2 Å². The maximum atomic E-state index is 12.0. The molecule has 1 aromatic heterocycles. The van der Waals surface area contributed by atoms with Crippen LogP contribution in [0.3, 0.4) is 0 Å². The molecule has 1 amide bonds. The van der Waals surface area contributed by atoms with Gasteiger partial charge in [-0.05, 0) is 19.8 Å². The van der Waals surface area contributed by atoms with Gasteiger partial charge in [-0.2, -0.15) is 0 Å². The van der Waals surface area contributed by atoms with Gasteiger partial charge in [0.25, 0.3) is 5.91 Å². The first-order valence-corrected chi connectivity index (χ1v) is 5.49. The van der Waals surface area contributed by atoms with Crippen LogP contribution in [0.1, 0.15) is 29.3 Å². The van der Waals surface area contributed by atoms with Gasteiger partial charge in [-0.3, -0.25) is 14.7 Å². The number of rotatable bonds is 2. The first-order chi connectivity index (χ1) is 8.08. The standard InChI is InChI=1S/C10H14N4O3/c1-6-11-8(13-12-6)9(15)14-4-2-3-7(5-14)10(16)17/h7H,2-5H2,1H3,(H,16,17)(H,11,12,13)/t7-/m0/s1. The van der Waals surface area contributed by atoms with Crippen molar-refractivity contribution in [1.82, 2.24) is 20.1 Å². The monoisotopic (exact) mass is 238 g/mol. The van der Waals surface area contributed by atoms with E-state index in [1.165, 1.54) is 4.90 Å². The number of nitrogens with one attached hydrogen (secondary N) is 1. The van der Waals surface area contributed by atoms with Crippen molar-refractivity contribution in [2.75, 3.05) is 13.1 Å². The number of aromatic nitrogens is 3. The Hall–Kier alpha value is -1.92. The molecule has 0 unspecified atom stereocenters. The molecule has 1 aliphatic rings. The van der Waals surface area contributed by atoms with Crippen LogP contribution >= 0.6 is 0 Å². The van der Waals surface area contributed by atoms with Crippen molar-refractivity contribution in [2.24, 2.45) is 5.92 Å². The van der Waals surface area contributed by atoms with Crippen molar-refractivity contribution in [3.8, 4) is 0 Å². The minimum Gasteiger partial charge on any atom is -0.481 e. The molecule has 0 saturated carbocycles. The normalized spacial score (nSPS) is 20.3. The van der Waals surface area contributed by atoms with Crippen molar-refractivity contribution < 1.29 is 14.7 Å². The van der Waals surface area contributed by atoms with Crippen molar-refractivity contribution in [2.45, 2.75) is 19.8 Å². The van der Waals surface area contributed by atoms with E-state index in [9.17, 15) is 9.59 Å². The van der Waals surface area contributed by atoms with Crippen LogP contribution in [-0.2, 0) is 4.79 Å². The molecule has 7 heteroatoms. The summed E-state index contributed by atoms with van der Waals surface area (Å²) in [7, 11) is 0. The highest BCUT2D eigenvalue weighted by molar-refractivity contribution is 5.90. The molecule has 7 nitrogen and oxygen atoms in total. The van der Waals surface area contributed by atoms with E-state index in [-0.39, 0.29) is 18.3 Å². The average molecular weight is 238 g/mol. The lowest BCUT2D eigenvalue weighted by atomic mass is 9.98. The molecule has 2 N–H and O–H groups in total. The molecule has 1 aliphatic heterocycles. The Bertz CT molecular complexity index is 443. The van der Waals surface area contributed by atoms with Gasteiger partial charge in [-0.15, -0.1) is 5.10 Å². The largest absolute Gasteiger partial charge is 0.481 e. The first-order valence-electron chi connectivity index (χ1n) is 5.49. The van der Waals surface area contributed by atoms with Crippen LogP contribution in [0.2, 0.25) is 0 Å². The molecular weight excluding hydrogens is 224 g/mol. The number of hydrogen-bond donors (Lipinski definition) is 2. The van der Waals surface area contributed by atoms with E-state index in [2.05, 4.69) is 15.2 Å². The molecule has 0 spiro atoms. The lowest BCUT2D eigenvalue weighted by Gasteiger charge is -2.29. The number of H-pyrrole nitrogens is 1. The van der Waals surface area contributed by atoms with Gasteiger partial charge in [-0.1, -0.05) is 0 Å². The van der Waals surface area contributed by atoms with Gasteiger partial charge in [0.2, 0.25) is 5.82 Å². The fourth-order valence-corrected chi connectivity index (χ4v) is 1.94. The summed E-state index contributed by atoms with van der Waals surface area (Å²) < 4.78 is 0. The summed E-state index contributed by atoms with van der Waals surface area (Å²) in [6.45, 7) is 2.51. The number of hydrogen-bond acceptors (Lipinski definition) is 4. The number of piperidine rings is 1. The second-order valence-electron chi connectivity index (χ2n) is 4.17. The third-order valence-corrected chi connectivity index (χ3v) is 2.85. The Kier molecular flexibility index (Phi) is 3.08. The number of carboxylic acid groups (broad SMARTS) is 1. The van der Waals surface area contributed by atoms with Crippen LogP contribution < -0.4 is 0 Å². The first kappa shape index (κ1) is 11.6. The number of carbonyl (C=O) groups is 2. The minimum atomic E-state index is -0.853. The van der Waals surface area contributed by atoms with Gasteiger partial charge < -0.3 is 10.0 Å². The number of carbonyl (C=O) groups excluding carboxylic acids is 1. The Morgan fingerprint density at radius 3 is 2.88 bits per heavy atom. The molecule has 17 heavy (non-hydrogen) atoms. The molecule has 1 atom stereocenters. The Morgan fingerprint density at radius 2 is 2.29 bits per heavy atom. The lowest BCUT2D eigenvalue weighted by Crippen LogP contribution is -2.42. The molecule has 1 fully saturated rings. The lowest BCUT2D eigenvalue weighted by molar-refractivity contribution is -0.143. The number of nitrogens with zero attached hydrogens (tertiary/aromatic N) is 3. The van der Waals surface area contributed by atoms with Gasteiger partial charge in [-0.25, -0.2) is 4.98 Å². The maximum absolute atomic E-state index is 12.0. The molecule has 2 rings (SSSR count). The van der Waals surface area contributed by atoms with Crippen molar-refractivity contribution in [3.05, 3.63) is 11.6 Å². The number of carboxylic acids is 1. The number of aliphatic carboxylic acids is 1. The Morgan fingerprint density at radius 1 is 1.53 bits per heavy atom. The molecule has 0 aliphatic carbocycles. The average Bonchev–Trinajstić information content (AvgIpc) is 2.75. The maximum Gasteiger partial charge on any atom is 0.308 e. The molecular formula is C10H14N4O3. The van der Waals surface area contributed by atoms with Crippen molar-refractivity contribution >= 4 is 11.9 Å². The molecule has 1 saturated heterocycles. The smallest absolute Gasteiger partial charge is 0.308 e. The van der Waals surface area contributed by atoms with Gasteiger partial charge in [0.05, 0.1) is 5.92 Å². The number of amides is 1. The van der Waals surface area contributed by atoms with E-state index in [0.29, 0.717) is 25.2 Å². The van der Waals surface area contributed by atoms with Crippen LogP contribution in [0.4, 0.5) is 0 Å². The zero-order valence-electron chi connectivity index (χ0n) is 9.51. The molecule has 92 valence electrons. The SMILES string of the molecule is Cc1nc(C(=O)N2CCC[C@H](C(=O)O)C2)n[nH]1. The highest BCUT2D eigenvalue weighted by Gasteiger charge is 2.29. The second kappa shape index (κ2) is 4.52. The molecule has 2 heterocycles. The minimum absolute atomic E-state index is 0.105. The van der Waals surface area contributed by atoms with Gasteiger partial charge in [0.1, 0.15) is 5.82 Å². The van der Waals surface area contributed by atoms with E-state index in [4.69, 9.17) is 5.11 Å². The van der Waals surface area contributed by atoms with Crippen LogP contribution in [0.15, 0.2) is 0 Å². The molecule has 1 aromatic rings. The summed E-state index contributed by atoms with van der Waals surface area (Å²) in [6.07, 6.45) is 1.32. The van der Waals surface area contributed by atoms with E-state index >= 15 is 0 Å². The number of aromatic amines is 1. The Labute approximate surface area is 97.8 Å². The predicted molar refractivity (Wildman–Crippen MR) is 57.4 cm³/mol. The number of likely N-dealkylation sites (tertiary alicyclic amines) is 1. The van der Waals surface area contributed by atoms with E-state index in [1.807, 2.05) is 0 Å². The molecule has 0 radical (unpaired) electrons.